The van der Waals surface area contributed by atoms with Crippen LogP contribution in [0.1, 0.15) is 26.3 Å². The van der Waals surface area contributed by atoms with Crippen LogP contribution in [-0.4, -0.2) is 71.7 Å². The van der Waals surface area contributed by atoms with Crippen molar-refractivity contribution >= 4 is 29.6 Å². The molecule has 1 N–H and O–H groups in total. The highest BCUT2D eigenvalue weighted by Gasteiger charge is 2.56. The number of methoxy groups -OCH3 is 1. The van der Waals surface area contributed by atoms with Gasteiger partial charge >= 0.3 is 29.6 Å². The van der Waals surface area contributed by atoms with Crippen molar-refractivity contribution < 1.29 is 57.6 Å². The van der Waals surface area contributed by atoms with E-state index in [1.54, 1.807) is 0 Å². The monoisotopic (exact) mass is 485 g/mol. The Morgan fingerprint density at radius 3 is 2.06 bits per heavy atom. The molecule has 34 heavy (non-hydrogen) atoms. The summed E-state index contributed by atoms with van der Waals surface area (Å²) in [5.74, 6) is -4.08. The summed E-state index contributed by atoms with van der Waals surface area (Å²) < 4.78 is 31.3. The second-order valence-electron chi connectivity index (χ2n) is 7.01. The van der Waals surface area contributed by atoms with E-state index in [1.165, 1.54) is 6.07 Å². The van der Waals surface area contributed by atoms with Gasteiger partial charge in [-0.1, -0.05) is 6.07 Å². The summed E-state index contributed by atoms with van der Waals surface area (Å²) in [6.45, 7) is 2.58. The molecular weight excluding hydrogens is 462 g/mol. The van der Waals surface area contributed by atoms with Crippen molar-refractivity contribution in [2.24, 2.45) is 0 Å². The minimum absolute atomic E-state index is 0.209. The summed E-state index contributed by atoms with van der Waals surface area (Å²) in [5.41, 5.74) is -0.363. The Balaban J connectivity index is 2.58. The molecule has 0 aliphatic carbocycles. The Hall–Kier alpha value is -3.78. The van der Waals surface area contributed by atoms with Gasteiger partial charge in [-0.2, -0.15) is 0 Å². The molecule has 0 saturated carbocycles. The molecule has 0 spiro atoms. The lowest BCUT2D eigenvalue weighted by molar-refractivity contribution is -0.387. The Labute approximate surface area is 192 Å². The van der Waals surface area contributed by atoms with Gasteiger partial charge in [0.25, 0.3) is 0 Å². The summed E-state index contributed by atoms with van der Waals surface area (Å²) in [4.78, 5) is 58.4. The van der Waals surface area contributed by atoms with Gasteiger partial charge in [-0.15, -0.1) is 0 Å². The maximum Gasteiger partial charge on any atom is 0.339 e. The SMILES string of the molecule is COC(=O)[C@@H]1O[C@H](Oc2ccc(CO)cc2[N+](=O)[O-])[C@@H](OC(C)=O)[C@H](OC(C)=O)[C@H]1OC(C)=O. The van der Waals surface area contributed by atoms with Crippen LogP contribution in [0.2, 0.25) is 0 Å². The van der Waals surface area contributed by atoms with Crippen molar-refractivity contribution in [1.82, 2.24) is 0 Å². The largest absolute Gasteiger partial charge is 0.467 e. The number of nitro groups is 1. The van der Waals surface area contributed by atoms with E-state index in [1.807, 2.05) is 0 Å². The first-order valence-corrected chi connectivity index (χ1v) is 9.78. The van der Waals surface area contributed by atoms with Gasteiger partial charge in [0.15, 0.2) is 24.1 Å². The second kappa shape index (κ2) is 11.4. The van der Waals surface area contributed by atoms with Gasteiger partial charge in [-0.25, -0.2) is 4.79 Å². The van der Waals surface area contributed by atoms with Gasteiger partial charge < -0.3 is 33.5 Å². The van der Waals surface area contributed by atoms with Gasteiger partial charge in [0.2, 0.25) is 12.4 Å². The van der Waals surface area contributed by atoms with Crippen molar-refractivity contribution in [3.05, 3.63) is 33.9 Å². The molecule has 1 aliphatic heterocycles. The van der Waals surface area contributed by atoms with E-state index in [0.717, 1.165) is 40.0 Å². The Morgan fingerprint density at radius 1 is 1.00 bits per heavy atom. The molecular formula is C20H23NO13. The van der Waals surface area contributed by atoms with E-state index < -0.39 is 71.8 Å². The number of nitro benzene ring substituents is 1. The standard InChI is InChI=1S/C20H23NO13/c1-9(23)30-15-16(31-10(2)24)18(32-11(3)25)20(34-17(15)19(26)29-4)33-14-6-5-12(8-22)7-13(14)21(27)28/h5-7,15-18,20,22H,8H2,1-4H3/t15-,16-,17-,18+,20+/m1/s1. The zero-order chi connectivity index (χ0) is 25.6. The molecule has 14 nitrogen and oxygen atoms in total. The highest BCUT2D eigenvalue weighted by molar-refractivity contribution is 5.77. The summed E-state index contributed by atoms with van der Waals surface area (Å²) in [6, 6.07) is 3.53. The zero-order valence-electron chi connectivity index (χ0n) is 18.6. The van der Waals surface area contributed by atoms with Crippen LogP contribution in [0, 0.1) is 10.1 Å². The van der Waals surface area contributed by atoms with Crippen molar-refractivity contribution in [3.8, 4) is 5.75 Å². The summed E-state index contributed by atoms with van der Waals surface area (Å²) in [7, 11) is 1.02. The van der Waals surface area contributed by atoms with E-state index in [0.29, 0.717) is 0 Å². The average Bonchev–Trinajstić information content (AvgIpc) is 2.76. The number of carbonyl (C=O) groups is 4. The molecule has 0 unspecified atom stereocenters. The molecule has 14 heteroatoms. The normalized spacial score (nSPS) is 23.9. The van der Waals surface area contributed by atoms with Gasteiger partial charge in [0, 0.05) is 26.8 Å². The van der Waals surface area contributed by atoms with E-state index in [2.05, 4.69) is 4.74 Å². The van der Waals surface area contributed by atoms with Gasteiger partial charge in [-0.3, -0.25) is 24.5 Å². The molecule has 1 aliphatic rings. The van der Waals surface area contributed by atoms with Gasteiger partial charge in [0.05, 0.1) is 18.6 Å². The summed E-state index contributed by atoms with van der Waals surface area (Å²) in [6.07, 6.45) is -8.30. The Morgan fingerprint density at radius 2 is 1.56 bits per heavy atom. The minimum atomic E-state index is -1.75. The number of hydrogen-bond acceptors (Lipinski definition) is 13. The first kappa shape index (κ1) is 26.5. The number of aliphatic hydroxyl groups is 1. The van der Waals surface area contributed by atoms with Crippen molar-refractivity contribution in [2.75, 3.05) is 7.11 Å². The highest BCUT2D eigenvalue weighted by atomic mass is 16.7. The molecule has 1 aromatic rings. The van der Waals surface area contributed by atoms with Crippen LogP contribution in [0.5, 0.6) is 5.75 Å². The van der Waals surface area contributed by atoms with E-state index >= 15 is 0 Å². The average molecular weight is 485 g/mol. The lowest BCUT2D eigenvalue weighted by Crippen LogP contribution is -2.64. The third-order valence-corrected chi connectivity index (χ3v) is 4.48. The maximum absolute atomic E-state index is 12.4. The number of carbonyl (C=O) groups excluding carboxylic acids is 4. The molecule has 0 bridgehead atoms. The van der Waals surface area contributed by atoms with E-state index in [-0.39, 0.29) is 11.3 Å². The lowest BCUT2D eigenvalue weighted by Gasteiger charge is -2.42. The molecule has 5 atom stereocenters. The molecule has 1 aromatic carbocycles. The van der Waals surface area contributed by atoms with Gasteiger partial charge in [0.1, 0.15) is 0 Å². The maximum atomic E-state index is 12.4. The number of rotatable bonds is 8. The Bertz CT molecular complexity index is 962. The molecule has 0 radical (unpaired) electrons. The van der Waals surface area contributed by atoms with Crippen LogP contribution in [0.3, 0.4) is 0 Å². The quantitative estimate of drug-likeness (QED) is 0.227. The van der Waals surface area contributed by atoms with Crippen LogP contribution in [0.25, 0.3) is 0 Å². The Kier molecular flexibility index (Phi) is 8.86. The van der Waals surface area contributed by atoms with Crippen LogP contribution in [0.4, 0.5) is 5.69 Å². The molecule has 2 rings (SSSR count). The number of esters is 4. The predicted molar refractivity (Wildman–Crippen MR) is 107 cm³/mol. The molecule has 1 saturated heterocycles. The number of hydrogen-bond donors (Lipinski definition) is 1. The van der Waals surface area contributed by atoms with Crippen LogP contribution < -0.4 is 4.74 Å². The lowest BCUT2D eigenvalue weighted by atomic mass is 9.97. The second-order valence-corrected chi connectivity index (χ2v) is 7.01. The highest BCUT2D eigenvalue weighted by Crippen LogP contribution is 2.35. The zero-order valence-corrected chi connectivity index (χ0v) is 18.6. The predicted octanol–water partition coefficient (Wildman–Crippen LogP) is 0.159. The first-order valence-electron chi connectivity index (χ1n) is 9.78. The fraction of sp³-hybridized carbons (Fsp3) is 0.500. The minimum Gasteiger partial charge on any atom is -0.467 e. The van der Waals surface area contributed by atoms with Crippen molar-refractivity contribution in [2.45, 2.75) is 58.1 Å². The number of aliphatic hydroxyl groups excluding tert-OH is 1. The molecule has 0 amide bonds. The third kappa shape index (κ3) is 6.39. The first-order chi connectivity index (χ1) is 16.0. The van der Waals surface area contributed by atoms with Crippen LogP contribution in [0.15, 0.2) is 18.2 Å². The molecule has 0 aromatic heterocycles. The molecule has 1 fully saturated rings. The van der Waals surface area contributed by atoms with E-state index in [4.69, 9.17) is 23.7 Å². The topological polar surface area (TPSA) is 187 Å². The van der Waals surface area contributed by atoms with E-state index in [9.17, 15) is 34.4 Å². The summed E-state index contributed by atoms with van der Waals surface area (Å²) in [5, 5.41) is 20.8. The van der Waals surface area contributed by atoms with Crippen LogP contribution in [-0.2, 0) is 49.5 Å². The smallest absolute Gasteiger partial charge is 0.339 e. The number of nitrogens with zero attached hydrogens (tertiary/aromatic N) is 1. The fourth-order valence-corrected chi connectivity index (χ4v) is 3.20. The summed E-state index contributed by atoms with van der Waals surface area (Å²) >= 11 is 0. The number of ether oxygens (including phenoxy) is 6. The molecule has 1 heterocycles. The van der Waals surface area contributed by atoms with Gasteiger partial charge in [-0.05, 0) is 11.6 Å². The number of benzene rings is 1. The van der Waals surface area contributed by atoms with Crippen molar-refractivity contribution in [1.29, 1.82) is 0 Å². The third-order valence-electron chi connectivity index (χ3n) is 4.48. The molecule has 186 valence electrons. The fourth-order valence-electron chi connectivity index (χ4n) is 3.20. The van der Waals surface area contributed by atoms with Crippen LogP contribution >= 0.6 is 0 Å². The van der Waals surface area contributed by atoms with Crippen molar-refractivity contribution in [3.63, 3.8) is 0 Å².